The van der Waals surface area contributed by atoms with Gasteiger partial charge in [-0.25, -0.2) is 14.4 Å². The third-order valence-electron chi connectivity index (χ3n) is 6.43. The number of aliphatic hydroxyl groups is 1. The number of hydrogen-bond donors (Lipinski definition) is 4. The van der Waals surface area contributed by atoms with Crippen molar-refractivity contribution in [1.29, 1.82) is 0 Å². The van der Waals surface area contributed by atoms with E-state index in [1.165, 1.54) is 35.7 Å². The third-order valence-corrected chi connectivity index (χ3v) is 8.34. The Labute approximate surface area is 194 Å². The highest BCUT2D eigenvalue weighted by Crippen LogP contribution is 2.60. The molecule has 176 valence electrons. The number of urea groups is 1. The maximum Gasteiger partial charge on any atom is 0.352 e. The summed E-state index contributed by atoms with van der Waals surface area (Å²) in [4.78, 5) is 50.3. The molecule has 0 bridgehead atoms. The van der Waals surface area contributed by atoms with Crippen LogP contribution in [0.15, 0.2) is 36.0 Å². The summed E-state index contributed by atoms with van der Waals surface area (Å²) in [5, 5.41) is 31.6. The molecule has 10 nitrogen and oxygen atoms in total. The number of aromatic carboxylic acids is 1. The summed E-state index contributed by atoms with van der Waals surface area (Å²) in [6, 6.07) is 5.61. The van der Waals surface area contributed by atoms with E-state index < -0.39 is 34.7 Å². The number of carbonyl (C=O) groups excluding carboxylic acids is 2. The fourth-order valence-corrected chi connectivity index (χ4v) is 6.98. The molecule has 3 aliphatic heterocycles. The van der Waals surface area contributed by atoms with E-state index in [9.17, 15) is 29.4 Å². The van der Waals surface area contributed by atoms with Crippen LogP contribution >= 0.6 is 11.8 Å². The number of amides is 3. The lowest BCUT2D eigenvalue weighted by Gasteiger charge is -2.57. The number of benzene rings is 1. The molecule has 3 heterocycles. The number of rotatable bonds is 6. The predicted molar refractivity (Wildman–Crippen MR) is 120 cm³/mol. The number of likely N-dealkylation sites (tertiary alicyclic amines) is 1. The Morgan fingerprint density at radius 2 is 1.97 bits per heavy atom. The first-order valence-corrected chi connectivity index (χ1v) is 11.5. The number of carboxylic acid groups (broad SMARTS) is 2. The van der Waals surface area contributed by atoms with Crippen LogP contribution in [0.4, 0.5) is 10.5 Å². The number of aliphatic carboxylic acids is 1. The van der Waals surface area contributed by atoms with Gasteiger partial charge in [0.15, 0.2) is 0 Å². The topological polar surface area (TPSA) is 147 Å². The molecule has 4 N–H and O–H groups in total. The molecule has 0 spiro atoms. The highest BCUT2D eigenvalue weighted by Gasteiger charge is 2.69. The van der Waals surface area contributed by atoms with Gasteiger partial charge < -0.3 is 25.5 Å². The summed E-state index contributed by atoms with van der Waals surface area (Å²) in [7, 11) is 0. The van der Waals surface area contributed by atoms with Gasteiger partial charge in [0.1, 0.15) is 10.6 Å². The first-order valence-electron chi connectivity index (χ1n) is 10.6. The van der Waals surface area contributed by atoms with E-state index in [4.69, 9.17) is 5.11 Å². The molecule has 5 atom stereocenters. The molecule has 33 heavy (non-hydrogen) atoms. The number of carbonyl (C=O) groups is 4. The second kappa shape index (κ2) is 8.38. The fourth-order valence-electron chi connectivity index (χ4n) is 4.95. The van der Waals surface area contributed by atoms with Crippen molar-refractivity contribution in [3.05, 3.63) is 41.6 Å². The zero-order chi connectivity index (χ0) is 24.1. The van der Waals surface area contributed by atoms with Crippen molar-refractivity contribution in [2.24, 2.45) is 11.8 Å². The van der Waals surface area contributed by atoms with Crippen molar-refractivity contribution in [1.82, 2.24) is 9.80 Å². The number of nitrogens with one attached hydrogen (secondary N) is 1. The predicted octanol–water partition coefficient (Wildman–Crippen LogP) is 1.88. The average molecular weight is 476 g/mol. The second-order valence-corrected chi connectivity index (χ2v) is 10.1. The minimum Gasteiger partial charge on any atom is -0.478 e. The van der Waals surface area contributed by atoms with Crippen molar-refractivity contribution >= 4 is 41.3 Å². The Morgan fingerprint density at radius 3 is 2.61 bits per heavy atom. The van der Waals surface area contributed by atoms with Gasteiger partial charge in [0.05, 0.1) is 17.6 Å². The van der Waals surface area contributed by atoms with Gasteiger partial charge in [0, 0.05) is 29.9 Å². The van der Waals surface area contributed by atoms with Crippen LogP contribution < -0.4 is 5.32 Å². The molecule has 2 fully saturated rings. The molecule has 4 rings (SSSR count). The van der Waals surface area contributed by atoms with Gasteiger partial charge in [-0.3, -0.25) is 9.69 Å². The van der Waals surface area contributed by atoms with Crippen molar-refractivity contribution < 1.29 is 34.5 Å². The molecule has 0 aliphatic carbocycles. The van der Waals surface area contributed by atoms with E-state index in [-0.39, 0.29) is 28.5 Å². The Hall–Kier alpha value is -3.05. The van der Waals surface area contributed by atoms with E-state index >= 15 is 0 Å². The minimum atomic E-state index is -1.18. The lowest BCUT2D eigenvalue weighted by atomic mass is 9.78. The summed E-state index contributed by atoms with van der Waals surface area (Å²) in [5.74, 6) is -3.69. The zero-order valence-corrected chi connectivity index (χ0v) is 18.9. The number of fused-ring (bicyclic) bond motifs is 1. The Morgan fingerprint density at radius 1 is 1.24 bits per heavy atom. The van der Waals surface area contributed by atoms with Crippen molar-refractivity contribution in [3.8, 4) is 0 Å². The second-order valence-electron chi connectivity index (χ2n) is 8.58. The summed E-state index contributed by atoms with van der Waals surface area (Å²) >= 11 is 1.45. The lowest BCUT2D eigenvalue weighted by molar-refractivity contribution is -0.167. The molecule has 3 aliphatic rings. The molecule has 0 radical (unpaired) electrons. The van der Waals surface area contributed by atoms with Crippen LogP contribution in [-0.4, -0.2) is 78.3 Å². The summed E-state index contributed by atoms with van der Waals surface area (Å²) in [6.07, 6.45) is 1.26. The average Bonchev–Trinajstić information content (AvgIpc) is 3.29. The number of carboxylic acids is 2. The van der Waals surface area contributed by atoms with Gasteiger partial charge in [-0.2, -0.15) is 0 Å². The van der Waals surface area contributed by atoms with Crippen molar-refractivity contribution in [2.75, 3.05) is 18.4 Å². The van der Waals surface area contributed by atoms with E-state index in [2.05, 4.69) is 5.32 Å². The first kappa shape index (κ1) is 23.1. The maximum atomic E-state index is 12.7. The van der Waals surface area contributed by atoms with Crippen LogP contribution in [0.25, 0.3) is 0 Å². The molecule has 3 unspecified atom stereocenters. The molecule has 11 heteroatoms. The van der Waals surface area contributed by atoms with Gasteiger partial charge in [-0.15, -0.1) is 11.8 Å². The first-order chi connectivity index (χ1) is 15.6. The normalized spacial score (nSPS) is 29.2. The number of β-lactam (4-membered cyclic amide) rings is 1. The highest BCUT2D eigenvalue weighted by atomic mass is 32.2. The molecule has 0 aromatic heterocycles. The summed E-state index contributed by atoms with van der Waals surface area (Å²) in [6.45, 7) is 4.21. The maximum absolute atomic E-state index is 12.7. The number of thioether (sulfide) groups is 1. The molecular formula is C22H25N3O7S. The van der Waals surface area contributed by atoms with Crippen LogP contribution in [0.3, 0.4) is 0 Å². The summed E-state index contributed by atoms with van der Waals surface area (Å²) < 4.78 is 0. The quantitative estimate of drug-likeness (QED) is 0.456. The molecule has 3 amide bonds. The Kier molecular flexibility index (Phi) is 5.87. The number of aliphatic hydroxyl groups excluding tert-OH is 1. The van der Waals surface area contributed by atoms with E-state index in [1.807, 2.05) is 6.92 Å². The summed E-state index contributed by atoms with van der Waals surface area (Å²) in [5.41, 5.74) is 0.375. The van der Waals surface area contributed by atoms with Crippen LogP contribution in [0.1, 0.15) is 30.6 Å². The van der Waals surface area contributed by atoms with Crippen LogP contribution in [-0.2, 0) is 9.59 Å². The van der Waals surface area contributed by atoms with Crippen LogP contribution in [0.5, 0.6) is 0 Å². The van der Waals surface area contributed by atoms with Crippen LogP contribution in [0, 0.1) is 11.8 Å². The molecule has 1 aromatic carbocycles. The number of nitrogens with zero attached hydrogens (tertiary/aromatic N) is 2. The number of hydrogen-bond acceptors (Lipinski definition) is 6. The minimum absolute atomic E-state index is 0.0668. The Bertz CT molecular complexity index is 1060. The molecular weight excluding hydrogens is 450 g/mol. The fraction of sp³-hybridized carbons (Fsp3) is 0.455. The highest BCUT2D eigenvalue weighted by molar-refractivity contribution is 8.01. The van der Waals surface area contributed by atoms with Gasteiger partial charge in [0.2, 0.25) is 5.91 Å². The van der Waals surface area contributed by atoms with Gasteiger partial charge in [0.25, 0.3) is 0 Å². The standard InChI is InChI=1S/C22H25N3O7S/c1-11-8-16(20(30)31)25-18(27)17(12(2)26)22(11,25)33-15-6-7-24(10-15)21(32)23-14-5-3-4-13(9-14)19(28)29/h3-5,8-9,11-12,15,17,26H,6-7,10H2,1-2H3,(H,23,32)(H,28,29)(H,30,31)/t11?,12?,15-,17?,22-/m0/s1. The van der Waals surface area contributed by atoms with Crippen molar-refractivity contribution in [2.45, 2.75) is 36.5 Å². The molecule has 1 aromatic rings. The smallest absolute Gasteiger partial charge is 0.352 e. The molecule has 2 saturated heterocycles. The van der Waals surface area contributed by atoms with Crippen molar-refractivity contribution in [3.63, 3.8) is 0 Å². The van der Waals surface area contributed by atoms with Crippen LogP contribution in [0.2, 0.25) is 0 Å². The SMILES string of the molecule is CC(O)C1C(=O)N2C(C(=O)O)=CC(C)[C@]12S[C@H]1CCN(C(=O)Nc2cccc(C(=O)O)c2)C1. The van der Waals surface area contributed by atoms with E-state index in [0.717, 1.165) is 0 Å². The van der Waals surface area contributed by atoms with Gasteiger partial charge in [-0.05, 0) is 37.6 Å². The van der Waals surface area contributed by atoms with E-state index in [0.29, 0.717) is 25.2 Å². The largest absolute Gasteiger partial charge is 0.478 e. The Balaban J connectivity index is 1.46. The monoisotopic (exact) mass is 475 g/mol. The lowest BCUT2D eigenvalue weighted by Crippen LogP contribution is -2.72. The zero-order valence-electron chi connectivity index (χ0n) is 18.1. The van der Waals surface area contributed by atoms with Gasteiger partial charge in [-0.1, -0.05) is 13.0 Å². The third kappa shape index (κ3) is 3.74. The number of anilines is 1. The van der Waals surface area contributed by atoms with E-state index in [1.54, 1.807) is 23.1 Å². The van der Waals surface area contributed by atoms with Gasteiger partial charge >= 0.3 is 18.0 Å². The molecule has 0 saturated carbocycles.